The van der Waals surface area contributed by atoms with E-state index in [1.165, 1.54) is 0 Å². The normalized spacial score (nSPS) is 16.8. The van der Waals surface area contributed by atoms with Gasteiger partial charge in [-0.3, -0.25) is 4.72 Å². The Bertz CT molecular complexity index is 884. The van der Waals surface area contributed by atoms with Crippen LogP contribution in [-0.2, 0) is 14.8 Å². The summed E-state index contributed by atoms with van der Waals surface area (Å²) in [7, 11) is -3.71. The number of hydrogen-bond donors (Lipinski definition) is 2. The molecule has 2 N–H and O–H groups in total. The maximum absolute atomic E-state index is 12.7. The molecule has 25 heavy (non-hydrogen) atoms. The summed E-state index contributed by atoms with van der Waals surface area (Å²) in [6.07, 6.45) is 0.718. The quantitative estimate of drug-likeness (QED) is 0.809. The first-order chi connectivity index (χ1) is 11.9. The Balaban J connectivity index is 1.92. The predicted octanol–water partition coefficient (Wildman–Crippen LogP) is 4.34. The number of anilines is 2. The topological polar surface area (TPSA) is 67.4 Å². The number of halogens is 1. The van der Waals surface area contributed by atoms with Crippen LogP contribution in [0.15, 0.2) is 41.3 Å². The fourth-order valence-corrected chi connectivity index (χ4v) is 4.14. The van der Waals surface area contributed by atoms with Gasteiger partial charge in [0.1, 0.15) is 0 Å². The van der Waals surface area contributed by atoms with Gasteiger partial charge in [-0.1, -0.05) is 17.7 Å². The van der Waals surface area contributed by atoms with Gasteiger partial charge in [-0.05, 0) is 56.2 Å². The standard InChI is InChI=1S/C18H21ClN2O3S/c1-3-24-18-8-9-20-17-7-6-14(11-15(17)18)25(22,23)21-13-5-4-12(2)16(19)10-13/h4-7,10-11,18,20-21H,3,8-9H2,1-2H3. The van der Waals surface area contributed by atoms with Crippen molar-refractivity contribution < 1.29 is 13.2 Å². The Labute approximate surface area is 153 Å². The van der Waals surface area contributed by atoms with Crippen molar-refractivity contribution in [3.8, 4) is 0 Å². The van der Waals surface area contributed by atoms with Crippen LogP contribution in [-0.4, -0.2) is 21.6 Å². The molecule has 2 aromatic carbocycles. The van der Waals surface area contributed by atoms with Crippen LogP contribution >= 0.6 is 11.6 Å². The number of sulfonamides is 1. The first kappa shape index (κ1) is 18.0. The van der Waals surface area contributed by atoms with E-state index in [9.17, 15) is 8.42 Å². The van der Waals surface area contributed by atoms with Gasteiger partial charge in [-0.15, -0.1) is 0 Å². The number of rotatable bonds is 5. The number of aryl methyl sites for hydroxylation is 1. The summed E-state index contributed by atoms with van der Waals surface area (Å²) in [4.78, 5) is 0.205. The van der Waals surface area contributed by atoms with Crippen LogP contribution < -0.4 is 10.0 Å². The number of nitrogens with one attached hydrogen (secondary N) is 2. The summed E-state index contributed by atoms with van der Waals surface area (Å²) in [5.74, 6) is 0. The number of hydrogen-bond acceptors (Lipinski definition) is 4. The largest absolute Gasteiger partial charge is 0.385 e. The molecule has 7 heteroatoms. The lowest BCUT2D eigenvalue weighted by atomic mass is 10.0. The second-order valence-electron chi connectivity index (χ2n) is 5.98. The second-order valence-corrected chi connectivity index (χ2v) is 8.07. The molecule has 1 heterocycles. The fourth-order valence-electron chi connectivity index (χ4n) is 2.87. The second kappa shape index (κ2) is 7.23. The SMILES string of the molecule is CCOC1CCNc2ccc(S(=O)(=O)Nc3ccc(C)c(Cl)c3)cc21. The summed E-state index contributed by atoms with van der Waals surface area (Å²) < 4.78 is 33.8. The van der Waals surface area contributed by atoms with Crippen molar-refractivity contribution in [2.24, 2.45) is 0 Å². The van der Waals surface area contributed by atoms with E-state index in [0.29, 0.717) is 17.3 Å². The maximum atomic E-state index is 12.7. The molecule has 0 radical (unpaired) electrons. The zero-order valence-corrected chi connectivity index (χ0v) is 15.7. The van der Waals surface area contributed by atoms with E-state index in [4.69, 9.17) is 16.3 Å². The molecule has 2 aromatic rings. The van der Waals surface area contributed by atoms with Crippen molar-refractivity contribution in [1.82, 2.24) is 0 Å². The molecule has 3 rings (SSSR count). The summed E-state index contributed by atoms with van der Waals surface area (Å²) in [6.45, 7) is 5.20. The minimum absolute atomic E-state index is 0.0924. The van der Waals surface area contributed by atoms with Crippen molar-refractivity contribution in [3.63, 3.8) is 0 Å². The van der Waals surface area contributed by atoms with Gasteiger partial charge in [0.25, 0.3) is 10.0 Å². The third-order valence-electron chi connectivity index (χ3n) is 4.19. The molecule has 134 valence electrons. The third-order valence-corrected chi connectivity index (χ3v) is 5.98. The minimum Gasteiger partial charge on any atom is -0.385 e. The molecule has 5 nitrogen and oxygen atoms in total. The van der Waals surface area contributed by atoms with Gasteiger partial charge in [0, 0.05) is 29.4 Å². The van der Waals surface area contributed by atoms with Gasteiger partial charge in [-0.25, -0.2) is 8.42 Å². The summed E-state index contributed by atoms with van der Waals surface area (Å²) in [5.41, 5.74) is 3.12. The molecule has 1 atom stereocenters. The summed E-state index contributed by atoms with van der Waals surface area (Å²) in [5, 5.41) is 3.80. The molecule has 0 amide bonds. The van der Waals surface area contributed by atoms with Crippen LogP contribution in [0, 0.1) is 6.92 Å². The number of fused-ring (bicyclic) bond motifs is 1. The molecular weight excluding hydrogens is 360 g/mol. The van der Waals surface area contributed by atoms with E-state index in [1.807, 2.05) is 13.8 Å². The van der Waals surface area contributed by atoms with Gasteiger partial charge < -0.3 is 10.1 Å². The van der Waals surface area contributed by atoms with Crippen LogP contribution in [0.4, 0.5) is 11.4 Å². The van der Waals surface area contributed by atoms with Crippen molar-refractivity contribution >= 4 is 33.0 Å². The molecule has 1 aliphatic heterocycles. The van der Waals surface area contributed by atoms with Gasteiger partial charge in [-0.2, -0.15) is 0 Å². The molecule has 0 saturated carbocycles. The van der Waals surface area contributed by atoms with E-state index >= 15 is 0 Å². The van der Waals surface area contributed by atoms with Crippen LogP contribution in [0.25, 0.3) is 0 Å². The highest BCUT2D eigenvalue weighted by Gasteiger charge is 2.24. The molecular formula is C18H21ClN2O3S. The Morgan fingerprint density at radius 1 is 1.28 bits per heavy atom. The molecule has 0 fully saturated rings. The third kappa shape index (κ3) is 3.92. The maximum Gasteiger partial charge on any atom is 0.261 e. The fraction of sp³-hybridized carbons (Fsp3) is 0.333. The Hall–Kier alpha value is -1.76. The lowest BCUT2D eigenvalue weighted by Crippen LogP contribution is -2.20. The van der Waals surface area contributed by atoms with E-state index < -0.39 is 10.0 Å². The van der Waals surface area contributed by atoms with Crippen molar-refractivity contribution in [1.29, 1.82) is 0 Å². The van der Waals surface area contributed by atoms with Crippen LogP contribution in [0.1, 0.15) is 30.6 Å². The molecule has 0 aliphatic carbocycles. The molecule has 0 spiro atoms. The van der Waals surface area contributed by atoms with Gasteiger partial charge in [0.05, 0.1) is 16.7 Å². The Morgan fingerprint density at radius 2 is 2.08 bits per heavy atom. The molecule has 1 aliphatic rings. The lowest BCUT2D eigenvalue weighted by Gasteiger charge is -2.27. The van der Waals surface area contributed by atoms with Crippen molar-refractivity contribution in [2.45, 2.75) is 31.3 Å². The smallest absolute Gasteiger partial charge is 0.261 e. The minimum atomic E-state index is -3.71. The van der Waals surface area contributed by atoms with Gasteiger partial charge >= 0.3 is 0 Å². The first-order valence-electron chi connectivity index (χ1n) is 8.19. The molecule has 1 unspecified atom stereocenters. The Kier molecular flexibility index (Phi) is 5.22. The van der Waals surface area contributed by atoms with Crippen LogP contribution in [0.3, 0.4) is 0 Å². The monoisotopic (exact) mass is 380 g/mol. The highest BCUT2D eigenvalue weighted by Crippen LogP contribution is 2.34. The van der Waals surface area contributed by atoms with Crippen LogP contribution in [0.2, 0.25) is 5.02 Å². The number of ether oxygens (including phenoxy) is 1. The molecule has 0 aromatic heterocycles. The highest BCUT2D eigenvalue weighted by molar-refractivity contribution is 7.92. The average molecular weight is 381 g/mol. The van der Waals surface area contributed by atoms with E-state index in [2.05, 4.69) is 10.0 Å². The average Bonchev–Trinajstić information content (AvgIpc) is 2.58. The molecule has 0 bridgehead atoms. The predicted molar refractivity (Wildman–Crippen MR) is 101 cm³/mol. The zero-order valence-electron chi connectivity index (χ0n) is 14.2. The van der Waals surface area contributed by atoms with Gasteiger partial charge in [0.15, 0.2) is 0 Å². The summed E-state index contributed by atoms with van der Waals surface area (Å²) >= 11 is 6.08. The van der Waals surface area contributed by atoms with Crippen molar-refractivity contribution in [2.75, 3.05) is 23.2 Å². The van der Waals surface area contributed by atoms with E-state index in [0.717, 1.165) is 29.8 Å². The van der Waals surface area contributed by atoms with Gasteiger partial charge in [0.2, 0.25) is 0 Å². The lowest BCUT2D eigenvalue weighted by molar-refractivity contribution is 0.0568. The zero-order chi connectivity index (χ0) is 18.0. The van der Waals surface area contributed by atoms with E-state index in [1.54, 1.807) is 36.4 Å². The highest BCUT2D eigenvalue weighted by atomic mass is 35.5. The number of benzene rings is 2. The first-order valence-corrected chi connectivity index (χ1v) is 10.0. The van der Waals surface area contributed by atoms with E-state index in [-0.39, 0.29) is 11.0 Å². The van der Waals surface area contributed by atoms with Crippen LogP contribution in [0.5, 0.6) is 0 Å². The van der Waals surface area contributed by atoms with Crippen molar-refractivity contribution in [3.05, 3.63) is 52.5 Å². The molecule has 0 saturated heterocycles. The summed E-state index contributed by atoms with van der Waals surface area (Å²) in [6, 6.07) is 10.1. The Morgan fingerprint density at radius 3 is 2.80 bits per heavy atom.